The molecule has 0 radical (unpaired) electrons. The topological polar surface area (TPSA) is 46.5 Å². The molecule has 15 heavy (non-hydrogen) atoms. The Bertz CT molecular complexity index is 361. The fraction of sp³-hybridized carbons (Fsp3) is 0.273. The van der Waals surface area contributed by atoms with Gasteiger partial charge in [0, 0.05) is 0 Å². The van der Waals surface area contributed by atoms with Gasteiger partial charge in [-0.25, -0.2) is 0 Å². The Balaban J connectivity index is 2.84. The zero-order valence-electron chi connectivity index (χ0n) is 8.67. The predicted octanol–water partition coefficient (Wildman–Crippen LogP) is 2.48. The van der Waals surface area contributed by atoms with Crippen LogP contribution in [-0.4, -0.2) is 11.0 Å². The third kappa shape index (κ3) is 3.31. The Morgan fingerprint density at radius 2 is 2.13 bits per heavy atom. The molecule has 0 saturated carbocycles. The lowest BCUT2D eigenvalue weighted by atomic mass is 10.3. The monoisotopic (exact) mass is 226 g/mol. The summed E-state index contributed by atoms with van der Waals surface area (Å²) in [6.45, 7) is 5.42. The molecule has 0 heterocycles. The van der Waals surface area contributed by atoms with E-state index in [0.717, 1.165) is 0 Å². The number of benzene rings is 1. The normalized spacial score (nSPS) is 16.7. The quantitative estimate of drug-likeness (QED) is 0.619. The fourth-order valence-corrected chi connectivity index (χ4v) is 2.42. The molecule has 0 saturated heterocycles. The van der Waals surface area contributed by atoms with E-state index in [2.05, 4.69) is 6.58 Å². The summed E-state index contributed by atoms with van der Waals surface area (Å²) in [6, 6.07) is 8.36. The van der Waals surface area contributed by atoms with Crippen LogP contribution in [0.2, 0.25) is 0 Å². The van der Waals surface area contributed by atoms with Gasteiger partial charge < -0.3 is 4.89 Å². The van der Waals surface area contributed by atoms with Crippen molar-refractivity contribution in [3.63, 3.8) is 0 Å². The van der Waals surface area contributed by atoms with E-state index in [0.29, 0.717) is 11.7 Å². The molecule has 0 aliphatic carbocycles. The molecule has 1 aromatic rings. The average molecular weight is 226 g/mol. The van der Waals surface area contributed by atoms with Gasteiger partial charge in [-0.1, -0.05) is 31.2 Å². The lowest BCUT2D eigenvalue weighted by molar-refractivity contribution is 0.215. The molecule has 1 N–H and O–H groups in total. The standard InChI is InChI=1S/C11H15O3P/c1-3-10(4-2)14-15(12,13)11-8-6-5-7-9-11/h3,5-10H,1,4H2,2H3,(H,12,13). The zero-order chi connectivity index (χ0) is 11.3. The van der Waals surface area contributed by atoms with Crippen LogP contribution < -0.4 is 5.30 Å². The number of rotatable bonds is 5. The molecule has 0 fully saturated rings. The first kappa shape index (κ1) is 12.2. The van der Waals surface area contributed by atoms with E-state index in [9.17, 15) is 9.46 Å². The molecule has 0 aliphatic heterocycles. The van der Waals surface area contributed by atoms with Gasteiger partial charge in [0.25, 0.3) is 0 Å². The minimum Gasteiger partial charge on any atom is -0.321 e. The summed E-state index contributed by atoms with van der Waals surface area (Å²) in [4.78, 5) is 9.70. The molecule has 0 aliphatic rings. The zero-order valence-corrected chi connectivity index (χ0v) is 9.56. The van der Waals surface area contributed by atoms with Gasteiger partial charge >= 0.3 is 7.60 Å². The van der Waals surface area contributed by atoms with Crippen molar-refractivity contribution in [2.75, 3.05) is 0 Å². The maximum absolute atomic E-state index is 11.8. The molecule has 82 valence electrons. The largest absolute Gasteiger partial charge is 0.359 e. The third-order valence-electron chi connectivity index (χ3n) is 2.03. The molecule has 4 heteroatoms. The Kier molecular flexibility index (Phi) is 4.28. The summed E-state index contributed by atoms with van der Waals surface area (Å²) in [5.74, 6) is 0. The first-order valence-electron chi connectivity index (χ1n) is 4.79. The van der Waals surface area contributed by atoms with Gasteiger partial charge in [-0.05, 0) is 18.6 Å². The van der Waals surface area contributed by atoms with Crippen molar-refractivity contribution in [3.05, 3.63) is 43.0 Å². The highest BCUT2D eigenvalue weighted by atomic mass is 31.2. The first-order valence-corrected chi connectivity index (χ1v) is 6.37. The Morgan fingerprint density at radius 3 is 2.60 bits per heavy atom. The molecule has 2 atom stereocenters. The molecule has 2 unspecified atom stereocenters. The van der Waals surface area contributed by atoms with Crippen molar-refractivity contribution in [2.45, 2.75) is 19.4 Å². The summed E-state index contributed by atoms with van der Waals surface area (Å²) in [5, 5.41) is 0.310. The molecule has 1 rings (SSSR count). The molecular formula is C11H15O3P. The summed E-state index contributed by atoms with van der Waals surface area (Å²) < 4.78 is 16.9. The van der Waals surface area contributed by atoms with Gasteiger partial charge in [-0.3, -0.25) is 9.09 Å². The van der Waals surface area contributed by atoms with Crippen LogP contribution in [0.4, 0.5) is 0 Å². The van der Waals surface area contributed by atoms with Gasteiger partial charge in [-0.2, -0.15) is 0 Å². The van der Waals surface area contributed by atoms with Crippen LogP contribution in [0.25, 0.3) is 0 Å². The van der Waals surface area contributed by atoms with E-state index in [4.69, 9.17) is 4.52 Å². The molecule has 0 bridgehead atoms. The van der Waals surface area contributed by atoms with Gasteiger partial charge in [-0.15, -0.1) is 6.58 Å². The van der Waals surface area contributed by atoms with Gasteiger partial charge in [0.05, 0.1) is 11.4 Å². The lowest BCUT2D eigenvalue weighted by Gasteiger charge is -2.17. The van der Waals surface area contributed by atoms with Crippen LogP contribution in [0.3, 0.4) is 0 Å². The van der Waals surface area contributed by atoms with Crippen LogP contribution in [0.15, 0.2) is 43.0 Å². The molecule has 0 aromatic heterocycles. The maximum Gasteiger partial charge on any atom is 0.359 e. The van der Waals surface area contributed by atoms with E-state index in [1.54, 1.807) is 30.3 Å². The van der Waals surface area contributed by atoms with Crippen LogP contribution in [-0.2, 0) is 9.09 Å². The van der Waals surface area contributed by atoms with Crippen LogP contribution in [0.1, 0.15) is 13.3 Å². The second-order valence-electron chi connectivity index (χ2n) is 3.14. The van der Waals surface area contributed by atoms with E-state index in [1.807, 2.05) is 6.92 Å². The smallest absolute Gasteiger partial charge is 0.321 e. The second-order valence-corrected chi connectivity index (χ2v) is 4.91. The summed E-state index contributed by atoms with van der Waals surface area (Å²) in [6.07, 6.45) is 1.77. The summed E-state index contributed by atoms with van der Waals surface area (Å²) in [5.41, 5.74) is 0. The van der Waals surface area contributed by atoms with Crippen molar-refractivity contribution in [1.29, 1.82) is 0 Å². The maximum atomic E-state index is 11.8. The molecule has 0 spiro atoms. The van der Waals surface area contributed by atoms with E-state index in [-0.39, 0.29) is 6.10 Å². The SMILES string of the molecule is C=CC(CC)OP(=O)(O)c1ccccc1. The van der Waals surface area contributed by atoms with Gasteiger partial charge in [0.15, 0.2) is 0 Å². The van der Waals surface area contributed by atoms with Gasteiger partial charge in [0.2, 0.25) is 0 Å². The molecule has 0 amide bonds. The Hall–Kier alpha value is -0.890. The van der Waals surface area contributed by atoms with E-state index < -0.39 is 7.60 Å². The third-order valence-corrected chi connectivity index (χ3v) is 3.53. The van der Waals surface area contributed by atoms with Crippen molar-refractivity contribution in [2.24, 2.45) is 0 Å². The predicted molar refractivity (Wildman–Crippen MR) is 61.3 cm³/mol. The van der Waals surface area contributed by atoms with Crippen molar-refractivity contribution < 1.29 is 14.0 Å². The van der Waals surface area contributed by atoms with Crippen LogP contribution in [0.5, 0.6) is 0 Å². The minimum atomic E-state index is -3.71. The highest BCUT2D eigenvalue weighted by molar-refractivity contribution is 7.61. The fourth-order valence-electron chi connectivity index (χ4n) is 1.14. The van der Waals surface area contributed by atoms with Gasteiger partial charge in [0.1, 0.15) is 0 Å². The first-order chi connectivity index (χ1) is 7.10. The van der Waals surface area contributed by atoms with E-state index in [1.165, 1.54) is 6.08 Å². The average Bonchev–Trinajstić information content (AvgIpc) is 2.27. The second kappa shape index (κ2) is 5.26. The Morgan fingerprint density at radius 1 is 1.53 bits per heavy atom. The molecule has 1 aromatic carbocycles. The molecular weight excluding hydrogens is 211 g/mol. The van der Waals surface area contributed by atoms with Crippen LogP contribution in [0, 0.1) is 0 Å². The van der Waals surface area contributed by atoms with E-state index >= 15 is 0 Å². The van der Waals surface area contributed by atoms with Crippen LogP contribution >= 0.6 is 7.60 Å². The van der Waals surface area contributed by atoms with Crippen molar-refractivity contribution in [3.8, 4) is 0 Å². The minimum absolute atomic E-state index is 0.310. The van der Waals surface area contributed by atoms with Crippen molar-refractivity contribution >= 4 is 12.9 Å². The highest BCUT2D eigenvalue weighted by Crippen LogP contribution is 2.42. The number of hydrogen-bond acceptors (Lipinski definition) is 2. The Labute approximate surface area is 89.9 Å². The van der Waals surface area contributed by atoms with Crippen molar-refractivity contribution in [1.82, 2.24) is 0 Å². The lowest BCUT2D eigenvalue weighted by Crippen LogP contribution is -2.13. The summed E-state index contributed by atoms with van der Waals surface area (Å²) in [7, 11) is -3.71. The molecule has 3 nitrogen and oxygen atoms in total. The highest BCUT2D eigenvalue weighted by Gasteiger charge is 2.24. The number of hydrogen-bond donors (Lipinski definition) is 1. The summed E-state index contributed by atoms with van der Waals surface area (Å²) >= 11 is 0.